The van der Waals surface area contributed by atoms with E-state index in [4.69, 9.17) is 0 Å². The first kappa shape index (κ1) is 12.8. The predicted octanol–water partition coefficient (Wildman–Crippen LogP) is 2.74. The molecule has 1 N–H and O–H groups in total. The van der Waals surface area contributed by atoms with Crippen molar-refractivity contribution in [3.8, 4) is 0 Å². The summed E-state index contributed by atoms with van der Waals surface area (Å²) in [4.78, 5) is 2.36. The molecule has 0 amide bonds. The van der Waals surface area contributed by atoms with E-state index in [1.807, 2.05) is 11.8 Å². The highest BCUT2D eigenvalue weighted by molar-refractivity contribution is 7.98. The molecular formula is C14H22N2S. The van der Waals surface area contributed by atoms with Crippen LogP contribution in [0, 0.1) is 0 Å². The van der Waals surface area contributed by atoms with E-state index in [2.05, 4.69) is 47.8 Å². The number of hydrogen-bond acceptors (Lipinski definition) is 3. The van der Waals surface area contributed by atoms with Crippen molar-refractivity contribution in [3.05, 3.63) is 29.8 Å². The summed E-state index contributed by atoms with van der Waals surface area (Å²) in [5, 5.41) is 3.59. The third-order valence-electron chi connectivity index (χ3n) is 3.19. The largest absolute Gasteiger partial charge is 0.374 e. The van der Waals surface area contributed by atoms with Crippen LogP contribution in [-0.2, 0) is 6.54 Å². The number of thioether (sulfide) groups is 1. The average Bonchev–Trinajstić information content (AvgIpc) is 3.18. The minimum atomic E-state index is 0.777. The van der Waals surface area contributed by atoms with E-state index >= 15 is 0 Å². The summed E-state index contributed by atoms with van der Waals surface area (Å²) >= 11 is 1.90. The van der Waals surface area contributed by atoms with Gasteiger partial charge in [0.05, 0.1) is 0 Å². The highest BCUT2D eigenvalue weighted by Gasteiger charge is 2.20. The maximum atomic E-state index is 3.59. The van der Waals surface area contributed by atoms with E-state index < -0.39 is 0 Å². The van der Waals surface area contributed by atoms with Gasteiger partial charge in [-0.2, -0.15) is 11.8 Å². The average molecular weight is 250 g/mol. The van der Waals surface area contributed by atoms with Gasteiger partial charge in [0.15, 0.2) is 0 Å². The molecule has 1 fully saturated rings. The van der Waals surface area contributed by atoms with Crippen molar-refractivity contribution < 1.29 is 0 Å². The van der Waals surface area contributed by atoms with E-state index in [0.717, 1.165) is 19.1 Å². The summed E-state index contributed by atoms with van der Waals surface area (Å²) in [5.74, 6) is 1.18. The van der Waals surface area contributed by atoms with E-state index in [0.29, 0.717) is 0 Å². The monoisotopic (exact) mass is 250 g/mol. The quantitative estimate of drug-likeness (QED) is 0.801. The zero-order valence-electron chi connectivity index (χ0n) is 10.8. The van der Waals surface area contributed by atoms with Gasteiger partial charge in [0.1, 0.15) is 0 Å². The van der Waals surface area contributed by atoms with Crippen LogP contribution in [0.4, 0.5) is 5.69 Å². The van der Waals surface area contributed by atoms with E-state index in [-0.39, 0.29) is 0 Å². The molecule has 2 rings (SSSR count). The maximum absolute atomic E-state index is 3.59. The van der Waals surface area contributed by atoms with Crippen LogP contribution in [0.15, 0.2) is 24.3 Å². The number of benzene rings is 1. The fourth-order valence-electron chi connectivity index (χ4n) is 1.92. The molecule has 1 saturated carbocycles. The zero-order valence-corrected chi connectivity index (χ0v) is 11.6. The first-order valence-electron chi connectivity index (χ1n) is 6.32. The molecule has 2 nitrogen and oxygen atoms in total. The van der Waals surface area contributed by atoms with Crippen LogP contribution in [0.5, 0.6) is 0 Å². The van der Waals surface area contributed by atoms with Gasteiger partial charge in [0.25, 0.3) is 0 Å². The molecule has 0 aliphatic heterocycles. The standard InChI is InChI=1S/C14H22N2S/c1-16(9-10-17-2)14-6-4-3-5-12(14)11-15-13-7-8-13/h3-6,13,15H,7-11H2,1-2H3. The molecule has 0 unspecified atom stereocenters. The molecular weight excluding hydrogens is 228 g/mol. The number of rotatable bonds is 7. The maximum Gasteiger partial charge on any atom is 0.0409 e. The molecule has 0 spiro atoms. The van der Waals surface area contributed by atoms with Crippen LogP contribution >= 0.6 is 11.8 Å². The molecule has 17 heavy (non-hydrogen) atoms. The van der Waals surface area contributed by atoms with Crippen LogP contribution in [0.3, 0.4) is 0 Å². The lowest BCUT2D eigenvalue weighted by Crippen LogP contribution is -2.23. The Morgan fingerprint density at radius 1 is 1.35 bits per heavy atom. The minimum absolute atomic E-state index is 0.777. The zero-order chi connectivity index (χ0) is 12.1. The first-order chi connectivity index (χ1) is 8.31. The molecule has 1 aliphatic rings. The molecule has 0 aromatic heterocycles. The summed E-state index contributed by atoms with van der Waals surface area (Å²) in [6.45, 7) is 2.12. The lowest BCUT2D eigenvalue weighted by atomic mass is 10.1. The third-order valence-corrected chi connectivity index (χ3v) is 3.78. The predicted molar refractivity (Wildman–Crippen MR) is 78.0 cm³/mol. The molecule has 0 heterocycles. The highest BCUT2D eigenvalue weighted by atomic mass is 32.2. The van der Waals surface area contributed by atoms with Crippen LogP contribution in [0.25, 0.3) is 0 Å². The topological polar surface area (TPSA) is 15.3 Å². The van der Waals surface area contributed by atoms with Crippen molar-refractivity contribution in [1.82, 2.24) is 5.32 Å². The van der Waals surface area contributed by atoms with Gasteiger partial charge in [0, 0.05) is 37.6 Å². The van der Waals surface area contributed by atoms with Gasteiger partial charge in [-0.15, -0.1) is 0 Å². The van der Waals surface area contributed by atoms with Crippen LogP contribution in [0.2, 0.25) is 0 Å². The Bertz CT molecular complexity index is 350. The Kier molecular flexibility index (Phi) is 4.75. The third kappa shape index (κ3) is 3.93. The summed E-state index contributed by atoms with van der Waals surface area (Å²) in [6, 6.07) is 9.51. The van der Waals surface area contributed by atoms with Crippen molar-refractivity contribution in [3.63, 3.8) is 0 Å². The fourth-order valence-corrected chi connectivity index (χ4v) is 2.38. The molecule has 94 valence electrons. The Hall–Kier alpha value is -0.670. The van der Waals surface area contributed by atoms with Crippen molar-refractivity contribution in [1.29, 1.82) is 0 Å². The van der Waals surface area contributed by atoms with Crippen molar-refractivity contribution in [2.45, 2.75) is 25.4 Å². The Morgan fingerprint density at radius 3 is 2.82 bits per heavy atom. The summed E-state index contributed by atoms with van der Waals surface area (Å²) in [6.07, 6.45) is 4.86. The SMILES string of the molecule is CSCCN(C)c1ccccc1CNC1CC1. The number of hydrogen-bond donors (Lipinski definition) is 1. The second-order valence-corrected chi connectivity index (χ2v) is 5.68. The van der Waals surface area contributed by atoms with Crippen molar-refractivity contribution in [2.24, 2.45) is 0 Å². The molecule has 0 saturated heterocycles. The first-order valence-corrected chi connectivity index (χ1v) is 7.72. The van der Waals surface area contributed by atoms with Crippen LogP contribution < -0.4 is 10.2 Å². The number of anilines is 1. The summed E-state index contributed by atoms with van der Waals surface area (Å²) in [7, 11) is 2.19. The van der Waals surface area contributed by atoms with Gasteiger partial charge in [-0.25, -0.2) is 0 Å². The molecule has 0 bridgehead atoms. The highest BCUT2D eigenvalue weighted by Crippen LogP contribution is 2.23. The molecule has 1 aromatic rings. The number of nitrogens with one attached hydrogen (secondary N) is 1. The molecule has 0 atom stereocenters. The second kappa shape index (κ2) is 6.31. The fraction of sp³-hybridized carbons (Fsp3) is 0.571. The number of nitrogens with zero attached hydrogens (tertiary/aromatic N) is 1. The van der Waals surface area contributed by atoms with Crippen LogP contribution in [-0.4, -0.2) is 31.6 Å². The smallest absolute Gasteiger partial charge is 0.0409 e. The molecule has 1 aromatic carbocycles. The second-order valence-electron chi connectivity index (χ2n) is 4.70. The van der Waals surface area contributed by atoms with Gasteiger partial charge in [-0.1, -0.05) is 18.2 Å². The van der Waals surface area contributed by atoms with E-state index in [1.165, 1.54) is 29.8 Å². The Balaban J connectivity index is 1.97. The van der Waals surface area contributed by atoms with Gasteiger partial charge >= 0.3 is 0 Å². The lowest BCUT2D eigenvalue weighted by Gasteiger charge is -2.22. The van der Waals surface area contributed by atoms with Crippen LogP contribution in [0.1, 0.15) is 18.4 Å². The van der Waals surface area contributed by atoms with E-state index in [9.17, 15) is 0 Å². The van der Waals surface area contributed by atoms with Gasteiger partial charge in [-0.3, -0.25) is 0 Å². The van der Waals surface area contributed by atoms with Gasteiger partial charge in [0.2, 0.25) is 0 Å². The normalized spacial score (nSPS) is 14.9. The lowest BCUT2D eigenvalue weighted by molar-refractivity contribution is 0.686. The van der Waals surface area contributed by atoms with Crippen molar-refractivity contribution in [2.75, 3.05) is 30.5 Å². The Labute approximate surface area is 109 Å². The van der Waals surface area contributed by atoms with E-state index in [1.54, 1.807) is 0 Å². The molecule has 1 aliphatic carbocycles. The minimum Gasteiger partial charge on any atom is -0.374 e. The van der Waals surface area contributed by atoms with Crippen molar-refractivity contribution >= 4 is 17.4 Å². The summed E-state index contributed by atoms with van der Waals surface area (Å²) in [5.41, 5.74) is 2.79. The molecule has 3 heteroatoms. The van der Waals surface area contributed by atoms with Gasteiger partial charge < -0.3 is 10.2 Å². The molecule has 0 radical (unpaired) electrons. The summed E-state index contributed by atoms with van der Waals surface area (Å²) < 4.78 is 0. The van der Waals surface area contributed by atoms with Gasteiger partial charge in [-0.05, 0) is 30.7 Å². The number of para-hydroxylation sites is 1. The Morgan fingerprint density at radius 2 is 2.12 bits per heavy atom.